The molecule has 1 aliphatic rings. The van der Waals surface area contributed by atoms with Crippen LogP contribution >= 0.6 is 0 Å². The maximum Gasteiger partial charge on any atom is 0.143 e. The molecule has 0 saturated heterocycles. The van der Waals surface area contributed by atoms with Gasteiger partial charge in [-0.1, -0.05) is 166 Å². The van der Waals surface area contributed by atoms with E-state index in [9.17, 15) is 0 Å². The Kier molecular flexibility index (Phi) is 7.58. The second-order valence-corrected chi connectivity index (χ2v) is 16.4. The molecular weight excluding hydrogens is 731 g/mol. The monoisotopic (exact) mass is 769 g/mol. The molecule has 0 N–H and O–H groups in total. The molecule has 0 saturated carbocycles. The number of fused-ring (bicyclic) bond motifs is 9. The Labute approximate surface area is 348 Å². The first-order valence-electron chi connectivity index (χ1n) is 20.7. The van der Waals surface area contributed by atoms with Crippen molar-refractivity contribution in [2.45, 2.75) is 19.3 Å². The van der Waals surface area contributed by atoms with Crippen LogP contribution in [0.5, 0.6) is 0 Å². The fourth-order valence-corrected chi connectivity index (χ4v) is 9.86. The molecule has 2 aromatic heterocycles. The van der Waals surface area contributed by atoms with Gasteiger partial charge in [0.25, 0.3) is 0 Å². The van der Waals surface area contributed by atoms with Gasteiger partial charge in [0.05, 0.1) is 11.4 Å². The van der Waals surface area contributed by atoms with Crippen molar-refractivity contribution in [2.24, 2.45) is 0 Å². The summed E-state index contributed by atoms with van der Waals surface area (Å²) in [7, 11) is 0. The van der Waals surface area contributed by atoms with Gasteiger partial charge in [0.2, 0.25) is 0 Å². The Hall–Kier alpha value is -7.62. The van der Waals surface area contributed by atoms with E-state index in [2.05, 4.69) is 195 Å². The van der Waals surface area contributed by atoms with Gasteiger partial charge >= 0.3 is 0 Å². The molecule has 12 rings (SSSR count). The maximum atomic E-state index is 6.50. The van der Waals surface area contributed by atoms with E-state index in [4.69, 9.17) is 8.83 Å². The minimum absolute atomic E-state index is 0.158. The molecule has 284 valence electrons. The molecule has 0 amide bonds. The third-order valence-corrected chi connectivity index (χ3v) is 12.7. The van der Waals surface area contributed by atoms with Gasteiger partial charge in [-0.2, -0.15) is 0 Å². The van der Waals surface area contributed by atoms with Crippen molar-refractivity contribution < 1.29 is 8.83 Å². The molecule has 60 heavy (non-hydrogen) atoms. The van der Waals surface area contributed by atoms with Crippen molar-refractivity contribution >= 4 is 60.9 Å². The molecule has 1 aliphatic carbocycles. The first-order valence-corrected chi connectivity index (χ1v) is 20.7. The normalized spacial score (nSPS) is 13.0. The number of nitrogens with zero attached hydrogens (tertiary/aromatic N) is 1. The van der Waals surface area contributed by atoms with Crippen molar-refractivity contribution in [1.29, 1.82) is 0 Å². The molecule has 0 spiro atoms. The van der Waals surface area contributed by atoms with E-state index in [1.165, 1.54) is 22.3 Å². The zero-order chi connectivity index (χ0) is 40.0. The number of benzene rings is 9. The van der Waals surface area contributed by atoms with Crippen molar-refractivity contribution in [2.75, 3.05) is 4.90 Å². The lowest BCUT2D eigenvalue weighted by atomic mass is 9.82. The summed E-state index contributed by atoms with van der Waals surface area (Å²) in [6.07, 6.45) is 0. The summed E-state index contributed by atoms with van der Waals surface area (Å²) in [6, 6.07) is 72.0. The number of furan rings is 2. The van der Waals surface area contributed by atoms with Crippen molar-refractivity contribution in [1.82, 2.24) is 0 Å². The van der Waals surface area contributed by atoms with E-state index in [-0.39, 0.29) is 5.41 Å². The molecule has 2 heterocycles. The Morgan fingerprint density at radius 2 is 0.933 bits per heavy atom. The first-order chi connectivity index (χ1) is 29.5. The predicted octanol–water partition coefficient (Wildman–Crippen LogP) is 16.3. The highest BCUT2D eigenvalue weighted by atomic mass is 16.3. The van der Waals surface area contributed by atoms with Gasteiger partial charge in [-0.05, 0) is 87.5 Å². The molecule has 0 bridgehead atoms. The fourth-order valence-electron chi connectivity index (χ4n) is 9.86. The third-order valence-electron chi connectivity index (χ3n) is 12.7. The molecule has 11 aromatic rings. The molecule has 3 nitrogen and oxygen atoms in total. The molecule has 3 heteroatoms. The summed E-state index contributed by atoms with van der Waals surface area (Å²) >= 11 is 0. The van der Waals surface area contributed by atoms with Crippen LogP contribution in [0.1, 0.15) is 25.0 Å². The number of hydrogen-bond acceptors (Lipinski definition) is 3. The lowest BCUT2D eigenvalue weighted by Crippen LogP contribution is -2.16. The van der Waals surface area contributed by atoms with Gasteiger partial charge in [-0.25, -0.2) is 0 Å². The van der Waals surface area contributed by atoms with Crippen LogP contribution in [0, 0.1) is 0 Å². The standard InChI is InChI=1S/C57H39NO2/c1-57(2)47-23-9-6-19-46(47)55-48(57)24-14-26-50(55)58(39-32-29-36(30-33-39)41-21-12-22-45-43-18-8-11-28-52(43)60-56(41)45)49-25-13-20-40(54(49)37-15-4-3-5-16-37)38-31-34-44-42-17-7-10-27-51(42)59-53(44)35-38/h3-35H,1-2H3. The molecule has 9 aromatic carbocycles. The highest BCUT2D eigenvalue weighted by Crippen LogP contribution is 2.55. The number of hydrogen-bond donors (Lipinski definition) is 0. The molecule has 0 aliphatic heterocycles. The van der Waals surface area contributed by atoms with Gasteiger partial charge < -0.3 is 13.7 Å². The minimum Gasteiger partial charge on any atom is -0.456 e. The van der Waals surface area contributed by atoms with Crippen molar-refractivity contribution in [3.8, 4) is 44.5 Å². The topological polar surface area (TPSA) is 29.5 Å². The lowest BCUT2D eigenvalue weighted by Gasteiger charge is -2.31. The van der Waals surface area contributed by atoms with Crippen LogP contribution in [0.4, 0.5) is 17.1 Å². The van der Waals surface area contributed by atoms with Crippen LogP contribution in [0.15, 0.2) is 209 Å². The van der Waals surface area contributed by atoms with E-state index in [1.807, 2.05) is 24.3 Å². The molecular formula is C57H39NO2. The Morgan fingerprint density at radius 1 is 0.367 bits per heavy atom. The zero-order valence-electron chi connectivity index (χ0n) is 33.3. The summed E-state index contributed by atoms with van der Waals surface area (Å²) in [5.74, 6) is 0. The van der Waals surface area contributed by atoms with E-state index < -0.39 is 0 Å². The van der Waals surface area contributed by atoms with Crippen LogP contribution in [-0.2, 0) is 5.41 Å². The van der Waals surface area contributed by atoms with Crippen molar-refractivity contribution in [3.05, 3.63) is 211 Å². The Bertz CT molecular complexity index is 3460. The Morgan fingerprint density at radius 3 is 1.75 bits per heavy atom. The lowest BCUT2D eigenvalue weighted by molar-refractivity contribution is 0.660. The summed E-state index contributed by atoms with van der Waals surface area (Å²) < 4.78 is 13.0. The zero-order valence-corrected chi connectivity index (χ0v) is 33.3. The quantitative estimate of drug-likeness (QED) is 0.169. The van der Waals surface area contributed by atoms with E-state index >= 15 is 0 Å². The van der Waals surface area contributed by atoms with Crippen LogP contribution < -0.4 is 4.90 Å². The van der Waals surface area contributed by atoms with Gasteiger partial charge in [-0.3, -0.25) is 0 Å². The molecule has 0 unspecified atom stereocenters. The largest absolute Gasteiger partial charge is 0.456 e. The van der Waals surface area contributed by atoms with Crippen LogP contribution in [-0.4, -0.2) is 0 Å². The number of anilines is 3. The first kappa shape index (κ1) is 34.4. The SMILES string of the molecule is CC1(C)c2ccccc2-c2c(N(c3ccc(-c4cccc5c4oc4ccccc45)cc3)c3cccc(-c4ccc5c(c4)oc4ccccc45)c3-c3ccccc3)cccc21. The highest BCUT2D eigenvalue weighted by molar-refractivity contribution is 6.10. The average Bonchev–Trinajstić information content (AvgIpc) is 3.94. The second kappa shape index (κ2) is 13.2. The van der Waals surface area contributed by atoms with Crippen LogP contribution in [0.3, 0.4) is 0 Å². The highest BCUT2D eigenvalue weighted by Gasteiger charge is 2.38. The van der Waals surface area contributed by atoms with Gasteiger partial charge in [0.1, 0.15) is 22.3 Å². The molecule has 0 fully saturated rings. The summed E-state index contributed by atoms with van der Waals surface area (Å²) in [5, 5.41) is 4.50. The second-order valence-electron chi connectivity index (χ2n) is 16.4. The molecule has 0 atom stereocenters. The molecule has 0 radical (unpaired) electrons. The average molecular weight is 770 g/mol. The summed E-state index contributed by atoms with van der Waals surface area (Å²) in [5.41, 5.74) is 18.6. The van der Waals surface area contributed by atoms with Crippen molar-refractivity contribution in [3.63, 3.8) is 0 Å². The van der Waals surface area contributed by atoms with Gasteiger partial charge in [0, 0.05) is 49.3 Å². The van der Waals surface area contributed by atoms with Crippen LogP contribution in [0.2, 0.25) is 0 Å². The minimum atomic E-state index is -0.158. The maximum absolute atomic E-state index is 6.50. The smallest absolute Gasteiger partial charge is 0.143 e. The van der Waals surface area contributed by atoms with E-state index in [0.717, 1.165) is 94.3 Å². The van der Waals surface area contributed by atoms with Crippen LogP contribution in [0.25, 0.3) is 88.4 Å². The summed E-state index contributed by atoms with van der Waals surface area (Å²) in [6.45, 7) is 4.70. The van der Waals surface area contributed by atoms with Gasteiger partial charge in [-0.15, -0.1) is 0 Å². The third kappa shape index (κ3) is 5.15. The Balaban J connectivity index is 1.10. The number of para-hydroxylation sites is 3. The predicted molar refractivity (Wildman–Crippen MR) is 250 cm³/mol. The van der Waals surface area contributed by atoms with Gasteiger partial charge in [0.15, 0.2) is 0 Å². The van der Waals surface area contributed by atoms with E-state index in [0.29, 0.717) is 0 Å². The summed E-state index contributed by atoms with van der Waals surface area (Å²) in [4.78, 5) is 2.48. The fraction of sp³-hybridized carbons (Fsp3) is 0.0526. The van der Waals surface area contributed by atoms with E-state index in [1.54, 1.807) is 0 Å². The number of rotatable bonds is 6.